The summed E-state index contributed by atoms with van der Waals surface area (Å²) in [6, 6.07) is 8.07. The molecule has 0 aliphatic heterocycles. The normalized spacial score (nSPS) is 10.4. The lowest BCUT2D eigenvalue weighted by Crippen LogP contribution is -2.05. The van der Waals surface area contributed by atoms with Gasteiger partial charge in [0.2, 0.25) is 0 Å². The van der Waals surface area contributed by atoms with E-state index in [-0.39, 0.29) is 0 Å². The van der Waals surface area contributed by atoms with Gasteiger partial charge in [0.1, 0.15) is 0 Å². The van der Waals surface area contributed by atoms with E-state index in [0.29, 0.717) is 6.54 Å². The van der Waals surface area contributed by atoms with Crippen LogP contribution in [0.4, 0.5) is 0 Å². The van der Waals surface area contributed by atoms with Crippen LogP contribution >= 0.6 is 0 Å². The van der Waals surface area contributed by atoms with Gasteiger partial charge in [0.25, 0.3) is 0 Å². The smallest absolute Gasteiger partial charge is 0.329 e. The molecule has 1 aromatic rings. The minimum absolute atomic E-state index is 0.643. The van der Waals surface area contributed by atoms with Gasteiger partial charge in [-0.05, 0) is 12.5 Å². The van der Waals surface area contributed by atoms with Gasteiger partial charge in [-0.2, -0.15) is 0 Å². The molecular formula is C11H13NO2. The number of carboxylic acid groups (broad SMARTS) is 1. The number of hydrogen-bond acceptors (Lipinski definition) is 2. The summed E-state index contributed by atoms with van der Waals surface area (Å²) in [5.74, 6) is -0.943. The zero-order valence-electron chi connectivity index (χ0n) is 8.03. The lowest BCUT2D eigenvalue weighted by Gasteiger charge is -2.00. The van der Waals surface area contributed by atoms with Gasteiger partial charge >= 0.3 is 5.97 Å². The molecule has 0 aromatic heterocycles. The van der Waals surface area contributed by atoms with Gasteiger partial charge in [-0.15, -0.1) is 0 Å². The summed E-state index contributed by atoms with van der Waals surface area (Å²) in [5, 5.41) is 11.2. The third-order valence-corrected chi connectivity index (χ3v) is 1.77. The van der Waals surface area contributed by atoms with E-state index in [0.717, 1.165) is 11.6 Å². The summed E-state index contributed by atoms with van der Waals surface area (Å²) in [6.07, 6.45) is 2.51. The van der Waals surface area contributed by atoms with Crippen LogP contribution < -0.4 is 5.32 Å². The van der Waals surface area contributed by atoms with Crippen molar-refractivity contribution in [2.24, 2.45) is 0 Å². The van der Waals surface area contributed by atoms with Crippen molar-refractivity contribution in [3.05, 3.63) is 47.7 Å². The van der Waals surface area contributed by atoms with Gasteiger partial charge in [0.05, 0.1) is 0 Å². The molecule has 1 aromatic carbocycles. The molecule has 0 saturated carbocycles. The highest BCUT2D eigenvalue weighted by atomic mass is 16.4. The molecule has 14 heavy (non-hydrogen) atoms. The molecule has 0 spiro atoms. The largest absolute Gasteiger partial charge is 0.478 e. The van der Waals surface area contributed by atoms with E-state index in [9.17, 15) is 4.79 Å². The van der Waals surface area contributed by atoms with Crippen molar-refractivity contribution in [1.29, 1.82) is 0 Å². The van der Waals surface area contributed by atoms with E-state index in [4.69, 9.17) is 5.11 Å². The zero-order valence-corrected chi connectivity index (χ0v) is 8.03. The van der Waals surface area contributed by atoms with Gasteiger partial charge < -0.3 is 10.4 Å². The Kier molecular flexibility index (Phi) is 3.73. The fourth-order valence-electron chi connectivity index (χ4n) is 1.01. The van der Waals surface area contributed by atoms with E-state index in [1.165, 1.54) is 11.8 Å². The first-order valence-corrected chi connectivity index (χ1v) is 4.37. The van der Waals surface area contributed by atoms with Crippen molar-refractivity contribution in [3.63, 3.8) is 0 Å². The topological polar surface area (TPSA) is 49.3 Å². The van der Waals surface area contributed by atoms with Crippen LogP contribution in [0.15, 0.2) is 36.5 Å². The summed E-state index contributed by atoms with van der Waals surface area (Å²) in [5.41, 5.74) is 2.35. The minimum atomic E-state index is -0.943. The molecule has 0 amide bonds. The average Bonchev–Trinajstić information content (AvgIpc) is 2.15. The van der Waals surface area contributed by atoms with Crippen molar-refractivity contribution in [1.82, 2.24) is 5.32 Å². The van der Waals surface area contributed by atoms with E-state index in [1.807, 2.05) is 31.2 Å². The van der Waals surface area contributed by atoms with Crippen LogP contribution in [0.3, 0.4) is 0 Å². The van der Waals surface area contributed by atoms with Gasteiger partial charge in [-0.3, -0.25) is 0 Å². The number of nitrogens with one attached hydrogen (secondary N) is 1. The number of hydrogen-bond donors (Lipinski definition) is 2. The number of carbonyl (C=O) groups is 1. The predicted octanol–water partition coefficient (Wildman–Crippen LogP) is 1.68. The van der Waals surface area contributed by atoms with Crippen LogP contribution in [0.1, 0.15) is 11.1 Å². The SMILES string of the molecule is Cc1ccc(CN/C=C/C(=O)O)cc1. The highest BCUT2D eigenvalue weighted by molar-refractivity contribution is 5.79. The van der Waals surface area contributed by atoms with E-state index < -0.39 is 5.97 Å². The number of rotatable bonds is 4. The van der Waals surface area contributed by atoms with Crippen molar-refractivity contribution < 1.29 is 9.90 Å². The third kappa shape index (κ3) is 3.76. The molecule has 0 aliphatic rings. The molecule has 0 bridgehead atoms. The minimum Gasteiger partial charge on any atom is -0.478 e. The Morgan fingerprint density at radius 3 is 2.64 bits per heavy atom. The van der Waals surface area contributed by atoms with Gasteiger partial charge in [-0.25, -0.2) is 4.79 Å². The number of aryl methyl sites for hydroxylation is 1. The molecule has 0 unspecified atom stereocenters. The van der Waals surface area contributed by atoms with Gasteiger partial charge in [-0.1, -0.05) is 29.8 Å². The Morgan fingerprint density at radius 1 is 1.43 bits per heavy atom. The molecule has 0 atom stereocenters. The first-order chi connectivity index (χ1) is 6.68. The Balaban J connectivity index is 2.39. The monoisotopic (exact) mass is 191 g/mol. The fourth-order valence-corrected chi connectivity index (χ4v) is 1.01. The van der Waals surface area contributed by atoms with E-state index in [1.54, 1.807) is 0 Å². The summed E-state index contributed by atoms with van der Waals surface area (Å²) < 4.78 is 0. The Bertz CT molecular complexity index is 328. The highest BCUT2D eigenvalue weighted by Crippen LogP contribution is 2.02. The Hall–Kier alpha value is -1.77. The zero-order chi connectivity index (χ0) is 10.4. The molecular weight excluding hydrogens is 178 g/mol. The summed E-state index contributed by atoms with van der Waals surface area (Å²) in [6.45, 7) is 2.67. The fraction of sp³-hybridized carbons (Fsp3) is 0.182. The average molecular weight is 191 g/mol. The molecule has 0 saturated heterocycles. The third-order valence-electron chi connectivity index (χ3n) is 1.77. The second-order valence-corrected chi connectivity index (χ2v) is 3.04. The summed E-state index contributed by atoms with van der Waals surface area (Å²) in [4.78, 5) is 10.1. The lowest BCUT2D eigenvalue weighted by molar-refractivity contribution is -0.131. The van der Waals surface area contributed by atoms with Crippen LogP contribution in [0, 0.1) is 6.92 Å². The molecule has 0 aliphatic carbocycles. The number of aliphatic carboxylic acids is 1. The quantitative estimate of drug-likeness (QED) is 0.712. The predicted molar refractivity (Wildman–Crippen MR) is 54.8 cm³/mol. The number of benzene rings is 1. The maximum atomic E-state index is 10.1. The van der Waals surface area contributed by atoms with Crippen LogP contribution in [-0.2, 0) is 11.3 Å². The van der Waals surface area contributed by atoms with Crippen molar-refractivity contribution in [2.75, 3.05) is 0 Å². The molecule has 74 valence electrons. The molecule has 0 radical (unpaired) electrons. The maximum Gasteiger partial charge on any atom is 0.329 e. The van der Waals surface area contributed by atoms with Crippen LogP contribution in [-0.4, -0.2) is 11.1 Å². The van der Waals surface area contributed by atoms with Gasteiger partial charge in [0.15, 0.2) is 0 Å². The summed E-state index contributed by atoms with van der Waals surface area (Å²) in [7, 11) is 0. The van der Waals surface area contributed by atoms with E-state index in [2.05, 4.69) is 5.32 Å². The van der Waals surface area contributed by atoms with Crippen molar-refractivity contribution in [3.8, 4) is 0 Å². The van der Waals surface area contributed by atoms with Crippen LogP contribution in [0.2, 0.25) is 0 Å². The van der Waals surface area contributed by atoms with Crippen molar-refractivity contribution >= 4 is 5.97 Å². The first-order valence-electron chi connectivity index (χ1n) is 4.37. The van der Waals surface area contributed by atoms with Crippen LogP contribution in [0.5, 0.6) is 0 Å². The maximum absolute atomic E-state index is 10.1. The molecule has 0 fully saturated rings. The molecule has 0 heterocycles. The van der Waals surface area contributed by atoms with Gasteiger partial charge in [0, 0.05) is 18.8 Å². The second-order valence-electron chi connectivity index (χ2n) is 3.04. The Morgan fingerprint density at radius 2 is 2.07 bits per heavy atom. The standard InChI is InChI=1S/C11H13NO2/c1-9-2-4-10(5-3-9)8-12-7-6-11(13)14/h2-7,12H,8H2,1H3,(H,13,14)/b7-6+. The first kappa shape index (κ1) is 10.3. The second kappa shape index (κ2) is 5.07. The number of carboxylic acids is 1. The van der Waals surface area contributed by atoms with E-state index >= 15 is 0 Å². The van der Waals surface area contributed by atoms with Crippen molar-refractivity contribution in [2.45, 2.75) is 13.5 Å². The molecule has 1 rings (SSSR count). The lowest BCUT2D eigenvalue weighted by atomic mass is 10.1. The van der Waals surface area contributed by atoms with Crippen LogP contribution in [0.25, 0.3) is 0 Å². The summed E-state index contributed by atoms with van der Waals surface area (Å²) >= 11 is 0. The Labute approximate surface area is 83.1 Å². The molecule has 3 heteroatoms. The highest BCUT2D eigenvalue weighted by Gasteiger charge is 1.89. The molecule has 3 nitrogen and oxygen atoms in total. The molecule has 2 N–H and O–H groups in total.